The summed E-state index contributed by atoms with van der Waals surface area (Å²) in [4.78, 5) is 2.54. The Bertz CT molecular complexity index is 662. The molecule has 150 valence electrons. The summed E-state index contributed by atoms with van der Waals surface area (Å²) in [6, 6.07) is 17.3. The predicted octanol–water partition coefficient (Wildman–Crippen LogP) is 4.30. The molecule has 0 aromatic heterocycles. The van der Waals surface area contributed by atoms with E-state index in [0.717, 1.165) is 43.2 Å². The molecule has 0 unspecified atom stereocenters. The summed E-state index contributed by atoms with van der Waals surface area (Å²) in [5, 5.41) is 3.69. The zero-order valence-electron chi connectivity index (χ0n) is 16.0. The lowest BCUT2D eigenvalue weighted by molar-refractivity contribution is 0.190. The van der Waals surface area contributed by atoms with Gasteiger partial charge < -0.3 is 14.8 Å². The molecule has 0 atom stereocenters. The maximum Gasteiger partial charge on any atom is 0.165 e. The Morgan fingerprint density at radius 3 is 2.26 bits per heavy atom. The van der Waals surface area contributed by atoms with Crippen LogP contribution in [0.4, 0.5) is 0 Å². The van der Waals surface area contributed by atoms with Crippen molar-refractivity contribution in [1.29, 1.82) is 0 Å². The van der Waals surface area contributed by atoms with Crippen molar-refractivity contribution in [2.45, 2.75) is 32.0 Å². The van der Waals surface area contributed by atoms with E-state index < -0.39 is 0 Å². The van der Waals surface area contributed by atoms with Gasteiger partial charge in [-0.2, -0.15) is 0 Å². The first-order valence-corrected chi connectivity index (χ1v) is 8.99. The van der Waals surface area contributed by atoms with Gasteiger partial charge in [0.1, 0.15) is 0 Å². The van der Waals surface area contributed by atoms with Crippen LogP contribution in [0.25, 0.3) is 0 Å². The number of halogens is 2. The Labute approximate surface area is 175 Å². The van der Waals surface area contributed by atoms with Crippen LogP contribution in [-0.4, -0.2) is 38.3 Å². The van der Waals surface area contributed by atoms with Crippen LogP contribution in [0, 0.1) is 0 Å². The first-order valence-electron chi connectivity index (χ1n) is 8.99. The maximum atomic E-state index is 5.52. The molecule has 2 aromatic rings. The zero-order valence-corrected chi connectivity index (χ0v) is 17.7. The van der Waals surface area contributed by atoms with E-state index in [-0.39, 0.29) is 24.8 Å². The van der Waals surface area contributed by atoms with Gasteiger partial charge >= 0.3 is 0 Å². The summed E-state index contributed by atoms with van der Waals surface area (Å²) < 4.78 is 10.9. The third-order valence-electron chi connectivity index (χ3n) is 4.90. The first-order chi connectivity index (χ1) is 12.3. The number of benzene rings is 2. The summed E-state index contributed by atoms with van der Waals surface area (Å²) in [6.07, 6.45) is 2.36. The average molecular weight is 413 g/mol. The lowest BCUT2D eigenvalue weighted by atomic mass is 10.0. The smallest absolute Gasteiger partial charge is 0.165 e. The van der Waals surface area contributed by atoms with Crippen LogP contribution in [0.1, 0.15) is 24.0 Å². The van der Waals surface area contributed by atoms with Gasteiger partial charge in [-0.25, -0.2) is 0 Å². The van der Waals surface area contributed by atoms with Crippen LogP contribution >= 0.6 is 24.8 Å². The number of para-hydroxylation sites is 1. The number of hydrogen-bond donors (Lipinski definition) is 1. The number of nitrogens with zero attached hydrogens (tertiary/aromatic N) is 1. The molecule has 1 aliphatic heterocycles. The molecule has 0 saturated carbocycles. The molecule has 1 heterocycles. The van der Waals surface area contributed by atoms with Gasteiger partial charge in [-0.05, 0) is 37.6 Å². The van der Waals surface area contributed by atoms with Gasteiger partial charge in [-0.3, -0.25) is 4.90 Å². The number of rotatable bonds is 7. The molecule has 2 aromatic carbocycles. The monoisotopic (exact) mass is 412 g/mol. The summed E-state index contributed by atoms with van der Waals surface area (Å²) in [5.74, 6) is 1.62. The average Bonchev–Trinajstić information content (AvgIpc) is 2.67. The van der Waals surface area contributed by atoms with E-state index in [1.165, 1.54) is 18.4 Å². The number of methoxy groups -OCH3 is 2. The van der Waals surface area contributed by atoms with Gasteiger partial charge in [-0.15, -0.1) is 24.8 Å². The molecular formula is C21H30Cl2N2O2. The van der Waals surface area contributed by atoms with Crippen LogP contribution < -0.4 is 14.8 Å². The third-order valence-corrected chi connectivity index (χ3v) is 4.90. The molecule has 27 heavy (non-hydrogen) atoms. The second-order valence-electron chi connectivity index (χ2n) is 6.57. The normalized spacial score (nSPS) is 14.7. The molecule has 0 aliphatic carbocycles. The number of hydrogen-bond acceptors (Lipinski definition) is 4. The minimum absolute atomic E-state index is 0. The first kappa shape index (κ1) is 23.6. The predicted molar refractivity (Wildman–Crippen MR) is 116 cm³/mol. The van der Waals surface area contributed by atoms with E-state index in [0.29, 0.717) is 6.04 Å². The largest absolute Gasteiger partial charge is 0.493 e. The van der Waals surface area contributed by atoms with Crippen molar-refractivity contribution in [2.24, 2.45) is 0 Å². The van der Waals surface area contributed by atoms with E-state index in [1.807, 2.05) is 12.1 Å². The number of piperidine rings is 1. The molecule has 0 bridgehead atoms. The van der Waals surface area contributed by atoms with Crippen LogP contribution in [-0.2, 0) is 13.1 Å². The number of likely N-dealkylation sites (tertiary alicyclic amines) is 1. The summed E-state index contributed by atoms with van der Waals surface area (Å²) in [7, 11) is 3.38. The van der Waals surface area contributed by atoms with E-state index in [4.69, 9.17) is 9.47 Å². The van der Waals surface area contributed by atoms with Gasteiger partial charge in [-0.1, -0.05) is 42.5 Å². The molecule has 4 nitrogen and oxygen atoms in total. The highest BCUT2D eigenvalue weighted by Gasteiger charge is 2.19. The minimum Gasteiger partial charge on any atom is -0.493 e. The Kier molecular flexibility index (Phi) is 10.6. The summed E-state index contributed by atoms with van der Waals surface area (Å²) >= 11 is 0. The standard InChI is InChI=1S/C21H28N2O2.2ClH/c1-24-20-10-6-9-18(21(20)25-2)15-22-19-11-13-23(14-12-19)16-17-7-4-3-5-8-17;;/h3-10,19,22H,11-16H2,1-2H3;2*1H. The highest BCUT2D eigenvalue weighted by Crippen LogP contribution is 2.30. The van der Waals surface area contributed by atoms with Crippen molar-refractivity contribution in [2.75, 3.05) is 27.3 Å². The topological polar surface area (TPSA) is 33.7 Å². The second-order valence-corrected chi connectivity index (χ2v) is 6.57. The van der Waals surface area contributed by atoms with E-state index >= 15 is 0 Å². The molecule has 1 aliphatic rings. The zero-order chi connectivity index (χ0) is 17.5. The summed E-state index contributed by atoms with van der Waals surface area (Å²) in [6.45, 7) is 4.14. The highest BCUT2D eigenvalue weighted by molar-refractivity contribution is 5.85. The molecule has 0 amide bonds. The molecular weight excluding hydrogens is 383 g/mol. The molecule has 0 spiro atoms. The quantitative estimate of drug-likeness (QED) is 0.734. The van der Waals surface area contributed by atoms with Crippen molar-refractivity contribution in [3.8, 4) is 11.5 Å². The summed E-state index contributed by atoms with van der Waals surface area (Å²) in [5.41, 5.74) is 2.54. The van der Waals surface area contributed by atoms with Crippen LogP contribution in [0.15, 0.2) is 48.5 Å². The Morgan fingerprint density at radius 2 is 1.63 bits per heavy atom. The van der Waals surface area contributed by atoms with Gasteiger partial charge in [0.2, 0.25) is 0 Å². The Morgan fingerprint density at radius 1 is 0.926 bits per heavy atom. The fourth-order valence-corrected chi connectivity index (χ4v) is 3.48. The van der Waals surface area contributed by atoms with Crippen LogP contribution in [0.5, 0.6) is 11.5 Å². The van der Waals surface area contributed by atoms with Crippen molar-refractivity contribution < 1.29 is 9.47 Å². The molecule has 1 N–H and O–H groups in total. The molecule has 1 saturated heterocycles. The maximum absolute atomic E-state index is 5.52. The van der Waals surface area contributed by atoms with E-state index in [9.17, 15) is 0 Å². The van der Waals surface area contributed by atoms with Crippen molar-refractivity contribution in [3.63, 3.8) is 0 Å². The fourth-order valence-electron chi connectivity index (χ4n) is 3.48. The van der Waals surface area contributed by atoms with Crippen LogP contribution in [0.2, 0.25) is 0 Å². The Balaban J connectivity index is 0.00000182. The minimum atomic E-state index is 0. The fraction of sp³-hybridized carbons (Fsp3) is 0.429. The van der Waals surface area contributed by atoms with Gasteiger partial charge in [0, 0.05) is 24.7 Å². The van der Waals surface area contributed by atoms with Gasteiger partial charge in [0.25, 0.3) is 0 Å². The molecule has 1 fully saturated rings. The lowest BCUT2D eigenvalue weighted by Gasteiger charge is -2.32. The van der Waals surface area contributed by atoms with Gasteiger partial charge in [0.05, 0.1) is 14.2 Å². The molecule has 6 heteroatoms. The lowest BCUT2D eigenvalue weighted by Crippen LogP contribution is -2.41. The third kappa shape index (κ3) is 6.58. The van der Waals surface area contributed by atoms with Crippen molar-refractivity contribution in [3.05, 3.63) is 59.7 Å². The second kappa shape index (κ2) is 12.1. The van der Waals surface area contributed by atoms with Gasteiger partial charge in [0.15, 0.2) is 11.5 Å². The highest BCUT2D eigenvalue weighted by atomic mass is 35.5. The van der Waals surface area contributed by atoms with Crippen molar-refractivity contribution in [1.82, 2.24) is 10.2 Å². The molecule has 0 radical (unpaired) electrons. The van der Waals surface area contributed by atoms with Crippen molar-refractivity contribution >= 4 is 24.8 Å². The Hall–Kier alpha value is -1.46. The van der Waals surface area contributed by atoms with Crippen LogP contribution in [0.3, 0.4) is 0 Å². The SMILES string of the molecule is COc1cccc(CNC2CCN(Cc3ccccc3)CC2)c1OC.Cl.Cl. The molecule has 3 rings (SSSR count). The number of ether oxygens (including phenoxy) is 2. The van der Waals surface area contributed by atoms with E-state index in [1.54, 1.807) is 14.2 Å². The van der Waals surface area contributed by atoms with E-state index in [2.05, 4.69) is 46.6 Å². The number of nitrogens with one attached hydrogen (secondary N) is 1.